The number of nitrogen functional groups attached to an aromatic ring is 1. The summed E-state index contributed by atoms with van der Waals surface area (Å²) in [6.45, 7) is 0. The molecular formula is C15H17Cl2N7O. The Morgan fingerprint density at radius 1 is 1.20 bits per heavy atom. The van der Waals surface area contributed by atoms with Gasteiger partial charge in [0.1, 0.15) is 0 Å². The minimum absolute atomic E-state index is 0. The molecule has 10 heteroatoms. The van der Waals surface area contributed by atoms with Gasteiger partial charge in [-0.25, -0.2) is 9.97 Å². The van der Waals surface area contributed by atoms with Crippen molar-refractivity contribution in [2.45, 2.75) is 18.9 Å². The molecule has 1 heterocycles. The van der Waals surface area contributed by atoms with Crippen molar-refractivity contribution >= 4 is 47.5 Å². The standard InChI is InChI=1S/C15H16ClN7O.ClH/c16-11-13(20-9-5-7-3-1-2-4-8(7)6-9)22-12(17)10(21-11)14(24)23-15(18)19;/h1-4,9H,5-6H2,(H3,17,20,22)(H4,18,19,23,24);1H. The van der Waals surface area contributed by atoms with Gasteiger partial charge in [-0.15, -0.1) is 12.4 Å². The lowest BCUT2D eigenvalue weighted by Crippen LogP contribution is -2.25. The molecule has 0 aliphatic heterocycles. The molecule has 1 aliphatic rings. The van der Waals surface area contributed by atoms with Crippen molar-refractivity contribution in [1.29, 1.82) is 0 Å². The maximum absolute atomic E-state index is 11.8. The Morgan fingerprint density at radius 2 is 1.80 bits per heavy atom. The van der Waals surface area contributed by atoms with E-state index in [9.17, 15) is 4.79 Å². The van der Waals surface area contributed by atoms with Crippen LogP contribution in [0.1, 0.15) is 21.6 Å². The fourth-order valence-corrected chi connectivity index (χ4v) is 2.88. The maximum Gasteiger partial charge on any atom is 0.302 e. The molecule has 0 radical (unpaired) electrons. The highest BCUT2D eigenvalue weighted by molar-refractivity contribution is 6.32. The van der Waals surface area contributed by atoms with Crippen LogP contribution in [0.2, 0.25) is 5.15 Å². The van der Waals surface area contributed by atoms with Gasteiger partial charge in [0.25, 0.3) is 0 Å². The molecule has 0 unspecified atom stereocenters. The van der Waals surface area contributed by atoms with Gasteiger partial charge in [0.2, 0.25) is 0 Å². The number of nitrogens with one attached hydrogen (secondary N) is 1. The van der Waals surface area contributed by atoms with E-state index in [-0.39, 0.29) is 41.1 Å². The monoisotopic (exact) mass is 381 g/mol. The lowest BCUT2D eigenvalue weighted by Gasteiger charge is -2.14. The van der Waals surface area contributed by atoms with Crippen LogP contribution in [0, 0.1) is 0 Å². The van der Waals surface area contributed by atoms with E-state index in [1.165, 1.54) is 11.1 Å². The summed E-state index contributed by atoms with van der Waals surface area (Å²) in [6, 6.07) is 8.34. The molecule has 8 nitrogen and oxygen atoms in total. The largest absolute Gasteiger partial charge is 0.382 e. The van der Waals surface area contributed by atoms with Crippen molar-refractivity contribution in [2.24, 2.45) is 16.5 Å². The molecule has 1 aliphatic carbocycles. The van der Waals surface area contributed by atoms with E-state index in [4.69, 9.17) is 28.8 Å². The van der Waals surface area contributed by atoms with Gasteiger partial charge < -0.3 is 22.5 Å². The molecule has 0 saturated carbocycles. The van der Waals surface area contributed by atoms with Crippen molar-refractivity contribution in [2.75, 3.05) is 11.1 Å². The normalized spacial score (nSPS) is 12.8. The number of guanidine groups is 1. The molecule has 0 fully saturated rings. The number of fused-ring (bicyclic) bond motifs is 1. The Morgan fingerprint density at radius 3 is 2.36 bits per heavy atom. The van der Waals surface area contributed by atoms with Crippen LogP contribution in [0.15, 0.2) is 29.3 Å². The second-order valence-electron chi connectivity index (χ2n) is 5.46. The summed E-state index contributed by atoms with van der Waals surface area (Å²) >= 11 is 6.12. The predicted molar refractivity (Wildman–Crippen MR) is 100 cm³/mol. The molecule has 0 bridgehead atoms. The number of rotatable bonds is 3. The van der Waals surface area contributed by atoms with E-state index < -0.39 is 5.91 Å². The molecule has 7 N–H and O–H groups in total. The van der Waals surface area contributed by atoms with Crippen LogP contribution in [-0.4, -0.2) is 27.9 Å². The van der Waals surface area contributed by atoms with Crippen LogP contribution in [0.3, 0.4) is 0 Å². The van der Waals surface area contributed by atoms with Gasteiger partial charge in [-0.2, -0.15) is 4.99 Å². The summed E-state index contributed by atoms with van der Waals surface area (Å²) in [4.78, 5) is 23.3. The first kappa shape index (κ1) is 18.8. The van der Waals surface area contributed by atoms with Crippen LogP contribution in [-0.2, 0) is 12.8 Å². The Bertz CT molecular complexity index is 812. The molecule has 0 saturated heterocycles. The third-order valence-corrected chi connectivity index (χ3v) is 3.97. The number of nitrogens with zero attached hydrogens (tertiary/aromatic N) is 3. The van der Waals surface area contributed by atoms with Gasteiger partial charge in [0.15, 0.2) is 28.4 Å². The smallest absolute Gasteiger partial charge is 0.302 e. The highest BCUT2D eigenvalue weighted by atomic mass is 35.5. The number of anilines is 2. The number of amides is 1. The minimum Gasteiger partial charge on any atom is -0.382 e. The van der Waals surface area contributed by atoms with Crippen LogP contribution >= 0.6 is 24.0 Å². The highest BCUT2D eigenvalue weighted by Crippen LogP contribution is 2.27. The summed E-state index contributed by atoms with van der Waals surface area (Å²) in [7, 11) is 0. The molecule has 0 atom stereocenters. The maximum atomic E-state index is 11.8. The van der Waals surface area contributed by atoms with Gasteiger partial charge in [-0.05, 0) is 24.0 Å². The molecule has 0 spiro atoms. The fourth-order valence-electron chi connectivity index (χ4n) is 2.70. The molecule has 2 aromatic rings. The van der Waals surface area contributed by atoms with Crippen LogP contribution in [0.5, 0.6) is 0 Å². The summed E-state index contributed by atoms with van der Waals surface area (Å²) in [5, 5.41) is 3.26. The van der Waals surface area contributed by atoms with Crippen molar-refractivity contribution in [3.8, 4) is 0 Å². The molecular weight excluding hydrogens is 365 g/mol. The third kappa shape index (κ3) is 4.09. The summed E-state index contributed by atoms with van der Waals surface area (Å²) in [6.07, 6.45) is 1.70. The SMILES string of the molecule is Cl.NC(N)=NC(=O)c1nc(Cl)c(NC2Cc3ccccc3C2)nc1N. The first-order valence-electron chi connectivity index (χ1n) is 7.24. The van der Waals surface area contributed by atoms with E-state index in [0.717, 1.165) is 12.8 Å². The van der Waals surface area contributed by atoms with Gasteiger partial charge in [-0.3, -0.25) is 4.79 Å². The molecule has 25 heavy (non-hydrogen) atoms. The fraction of sp³-hybridized carbons (Fsp3) is 0.200. The minimum atomic E-state index is -0.790. The number of hydrogen-bond donors (Lipinski definition) is 4. The average molecular weight is 382 g/mol. The number of hydrogen-bond acceptors (Lipinski definition) is 5. The van der Waals surface area contributed by atoms with Crippen LogP contribution in [0.25, 0.3) is 0 Å². The highest BCUT2D eigenvalue weighted by Gasteiger charge is 2.23. The Balaban J connectivity index is 0.00000225. The van der Waals surface area contributed by atoms with E-state index in [2.05, 4.69) is 32.4 Å². The Kier molecular flexibility index (Phi) is 5.66. The van der Waals surface area contributed by atoms with Gasteiger partial charge in [0, 0.05) is 6.04 Å². The number of carbonyl (C=O) groups excluding carboxylic acids is 1. The van der Waals surface area contributed by atoms with E-state index >= 15 is 0 Å². The second-order valence-corrected chi connectivity index (χ2v) is 5.81. The lowest BCUT2D eigenvalue weighted by molar-refractivity contribution is 0.0998. The van der Waals surface area contributed by atoms with E-state index in [1.807, 2.05) is 12.1 Å². The Labute approximate surface area is 155 Å². The number of aliphatic imine (C=N–C) groups is 1. The van der Waals surface area contributed by atoms with Gasteiger partial charge >= 0.3 is 5.91 Å². The lowest BCUT2D eigenvalue weighted by atomic mass is 10.1. The van der Waals surface area contributed by atoms with Crippen molar-refractivity contribution < 1.29 is 4.79 Å². The zero-order chi connectivity index (χ0) is 17.3. The van der Waals surface area contributed by atoms with Crippen molar-refractivity contribution in [3.63, 3.8) is 0 Å². The average Bonchev–Trinajstić information content (AvgIpc) is 2.92. The summed E-state index contributed by atoms with van der Waals surface area (Å²) in [5.41, 5.74) is 18.5. The second kappa shape index (κ2) is 7.54. The number of halogens is 2. The Hall–Kier alpha value is -2.58. The number of carbonyl (C=O) groups is 1. The number of benzene rings is 1. The summed E-state index contributed by atoms with van der Waals surface area (Å²) in [5.74, 6) is -0.939. The molecule has 1 amide bonds. The van der Waals surface area contributed by atoms with E-state index in [0.29, 0.717) is 5.82 Å². The molecule has 3 rings (SSSR count). The quantitative estimate of drug-likeness (QED) is 0.460. The zero-order valence-electron chi connectivity index (χ0n) is 13.1. The molecule has 1 aromatic heterocycles. The first-order chi connectivity index (χ1) is 11.4. The number of nitrogens with two attached hydrogens (primary N) is 3. The van der Waals surface area contributed by atoms with E-state index in [1.54, 1.807) is 0 Å². The number of aromatic nitrogens is 2. The predicted octanol–water partition coefficient (Wildman–Crippen LogP) is 1.13. The summed E-state index contributed by atoms with van der Waals surface area (Å²) < 4.78 is 0. The van der Waals surface area contributed by atoms with Crippen molar-refractivity contribution in [3.05, 3.63) is 46.2 Å². The third-order valence-electron chi connectivity index (χ3n) is 3.71. The van der Waals surface area contributed by atoms with Gasteiger partial charge in [-0.1, -0.05) is 35.9 Å². The van der Waals surface area contributed by atoms with Gasteiger partial charge in [0.05, 0.1) is 0 Å². The zero-order valence-corrected chi connectivity index (χ0v) is 14.6. The molecule has 132 valence electrons. The topological polar surface area (TPSA) is 145 Å². The van der Waals surface area contributed by atoms with Crippen molar-refractivity contribution in [1.82, 2.24) is 9.97 Å². The van der Waals surface area contributed by atoms with Crippen LogP contribution in [0.4, 0.5) is 11.6 Å². The molecule has 1 aromatic carbocycles. The first-order valence-corrected chi connectivity index (χ1v) is 7.62. The van der Waals surface area contributed by atoms with Crippen LogP contribution < -0.4 is 22.5 Å².